The number of methoxy groups -OCH3 is 1. The van der Waals surface area contributed by atoms with E-state index in [1.54, 1.807) is 7.11 Å². The van der Waals surface area contributed by atoms with Gasteiger partial charge in [-0.1, -0.05) is 12.1 Å². The highest BCUT2D eigenvalue weighted by Crippen LogP contribution is 2.30. The smallest absolute Gasteiger partial charge is 0.160 e. The van der Waals surface area contributed by atoms with E-state index in [0.29, 0.717) is 39.4 Å². The molecule has 0 unspecified atom stereocenters. The number of aromatic amines is 1. The van der Waals surface area contributed by atoms with Gasteiger partial charge in [0.25, 0.3) is 0 Å². The normalized spacial score (nSPS) is 17.7. The van der Waals surface area contributed by atoms with Gasteiger partial charge in [-0.2, -0.15) is 5.10 Å². The summed E-state index contributed by atoms with van der Waals surface area (Å²) in [5, 5.41) is 5.95. The Kier molecular flexibility index (Phi) is 5.24. The third-order valence-corrected chi connectivity index (χ3v) is 5.09. The first-order chi connectivity index (χ1) is 13.2. The SMILES string of the molecule is COCCc1nc(-c2cccc3c(C)c(C)[nH]c23)n(C[C@@H]2COCCO2)n1. The Balaban J connectivity index is 1.76. The molecule has 1 aromatic carbocycles. The van der Waals surface area contributed by atoms with E-state index in [9.17, 15) is 0 Å². The van der Waals surface area contributed by atoms with Crippen LogP contribution in [0.5, 0.6) is 0 Å². The van der Waals surface area contributed by atoms with Crippen molar-refractivity contribution < 1.29 is 14.2 Å². The van der Waals surface area contributed by atoms with Crippen molar-refractivity contribution >= 4 is 10.9 Å². The zero-order chi connectivity index (χ0) is 18.8. The number of hydrogen-bond acceptors (Lipinski definition) is 5. The minimum atomic E-state index is -0.0132. The second-order valence-corrected chi connectivity index (χ2v) is 6.95. The minimum Gasteiger partial charge on any atom is -0.384 e. The molecule has 1 fully saturated rings. The fraction of sp³-hybridized carbons (Fsp3) is 0.500. The molecule has 1 aliphatic rings. The van der Waals surface area contributed by atoms with Crippen LogP contribution in [-0.4, -0.2) is 59.4 Å². The standard InChI is InChI=1S/C20H26N4O3/c1-13-14(2)21-19-16(13)5-4-6-17(19)20-22-18(7-8-25-3)23-24(20)11-15-12-26-9-10-27-15/h4-6,15,21H,7-12H2,1-3H3/t15-/m1/s1. The fourth-order valence-corrected chi connectivity index (χ4v) is 3.52. The summed E-state index contributed by atoms with van der Waals surface area (Å²) in [5.74, 6) is 1.63. The first-order valence-electron chi connectivity index (χ1n) is 9.37. The monoisotopic (exact) mass is 370 g/mol. The second-order valence-electron chi connectivity index (χ2n) is 6.95. The number of ether oxygens (including phenoxy) is 3. The van der Waals surface area contributed by atoms with E-state index in [1.165, 1.54) is 16.6 Å². The topological polar surface area (TPSA) is 74.2 Å². The molecule has 1 N–H and O–H groups in total. The van der Waals surface area contributed by atoms with Gasteiger partial charge in [0.15, 0.2) is 11.6 Å². The summed E-state index contributed by atoms with van der Waals surface area (Å²) >= 11 is 0. The molecule has 1 aliphatic heterocycles. The second kappa shape index (κ2) is 7.80. The van der Waals surface area contributed by atoms with Crippen LogP contribution in [0.4, 0.5) is 0 Å². The van der Waals surface area contributed by atoms with Crippen LogP contribution >= 0.6 is 0 Å². The Hall–Kier alpha value is -2.22. The summed E-state index contributed by atoms with van der Waals surface area (Å²) in [4.78, 5) is 8.34. The lowest BCUT2D eigenvalue weighted by atomic mass is 10.1. The minimum absolute atomic E-state index is 0.0132. The average Bonchev–Trinajstić information content (AvgIpc) is 3.21. The van der Waals surface area contributed by atoms with Gasteiger partial charge in [0.05, 0.1) is 38.5 Å². The van der Waals surface area contributed by atoms with E-state index < -0.39 is 0 Å². The summed E-state index contributed by atoms with van der Waals surface area (Å²) < 4.78 is 18.5. The van der Waals surface area contributed by atoms with Crippen LogP contribution in [0.3, 0.4) is 0 Å². The predicted molar refractivity (Wildman–Crippen MR) is 103 cm³/mol. The van der Waals surface area contributed by atoms with Crippen molar-refractivity contribution in [1.82, 2.24) is 19.7 Å². The summed E-state index contributed by atoms with van der Waals surface area (Å²) in [6, 6.07) is 6.31. The van der Waals surface area contributed by atoms with Crippen molar-refractivity contribution in [2.45, 2.75) is 32.9 Å². The molecule has 144 valence electrons. The van der Waals surface area contributed by atoms with Crippen molar-refractivity contribution in [3.8, 4) is 11.4 Å². The van der Waals surface area contributed by atoms with Crippen LogP contribution < -0.4 is 0 Å². The lowest BCUT2D eigenvalue weighted by molar-refractivity contribution is -0.0945. The van der Waals surface area contributed by atoms with Crippen molar-refractivity contribution in [2.75, 3.05) is 33.5 Å². The number of aromatic nitrogens is 4. The third-order valence-electron chi connectivity index (χ3n) is 5.09. The molecule has 3 aromatic rings. The molecule has 1 atom stereocenters. The molecule has 2 aromatic heterocycles. The number of rotatable bonds is 6. The predicted octanol–water partition coefficient (Wildman–Crippen LogP) is 2.65. The van der Waals surface area contributed by atoms with E-state index >= 15 is 0 Å². The number of hydrogen-bond donors (Lipinski definition) is 1. The van der Waals surface area contributed by atoms with E-state index in [2.05, 4.69) is 37.0 Å². The first kappa shape index (κ1) is 18.2. The molecule has 0 spiro atoms. The van der Waals surface area contributed by atoms with E-state index in [4.69, 9.17) is 24.3 Å². The maximum absolute atomic E-state index is 5.83. The van der Waals surface area contributed by atoms with Gasteiger partial charge in [-0.15, -0.1) is 0 Å². The van der Waals surface area contributed by atoms with Gasteiger partial charge in [0.2, 0.25) is 0 Å². The van der Waals surface area contributed by atoms with Gasteiger partial charge >= 0.3 is 0 Å². The largest absolute Gasteiger partial charge is 0.384 e. The summed E-state index contributed by atoms with van der Waals surface area (Å²) in [5.41, 5.74) is 4.59. The fourth-order valence-electron chi connectivity index (χ4n) is 3.52. The molecule has 1 saturated heterocycles. The van der Waals surface area contributed by atoms with Gasteiger partial charge in [0.1, 0.15) is 6.10 Å². The van der Waals surface area contributed by atoms with Crippen molar-refractivity contribution in [3.05, 3.63) is 35.3 Å². The molecule has 27 heavy (non-hydrogen) atoms. The Labute approximate surface area is 158 Å². The van der Waals surface area contributed by atoms with Crippen molar-refractivity contribution in [3.63, 3.8) is 0 Å². The van der Waals surface area contributed by atoms with Gasteiger partial charge in [-0.3, -0.25) is 0 Å². The van der Waals surface area contributed by atoms with Crippen molar-refractivity contribution in [1.29, 1.82) is 0 Å². The van der Waals surface area contributed by atoms with Crippen LogP contribution in [0.15, 0.2) is 18.2 Å². The van der Waals surface area contributed by atoms with Crippen LogP contribution in [0.1, 0.15) is 17.1 Å². The molecule has 0 saturated carbocycles. The highest BCUT2D eigenvalue weighted by atomic mass is 16.6. The van der Waals surface area contributed by atoms with Crippen molar-refractivity contribution in [2.24, 2.45) is 0 Å². The average molecular weight is 370 g/mol. The van der Waals surface area contributed by atoms with Crippen LogP contribution in [-0.2, 0) is 27.2 Å². The number of para-hydroxylation sites is 1. The van der Waals surface area contributed by atoms with Gasteiger partial charge in [-0.25, -0.2) is 9.67 Å². The van der Waals surface area contributed by atoms with Crippen LogP contribution in [0, 0.1) is 13.8 Å². The molecular formula is C20H26N4O3. The Morgan fingerprint density at radius 2 is 2.19 bits per heavy atom. The summed E-state index contributed by atoms with van der Waals surface area (Å²) in [7, 11) is 1.69. The number of nitrogens with zero attached hydrogens (tertiary/aromatic N) is 3. The Morgan fingerprint density at radius 3 is 2.96 bits per heavy atom. The summed E-state index contributed by atoms with van der Waals surface area (Å²) in [6.45, 7) is 7.30. The van der Waals surface area contributed by atoms with Crippen LogP contribution in [0.25, 0.3) is 22.3 Å². The van der Waals surface area contributed by atoms with Crippen LogP contribution in [0.2, 0.25) is 0 Å². The van der Waals surface area contributed by atoms with Gasteiger partial charge in [0, 0.05) is 30.2 Å². The number of H-pyrrole nitrogens is 1. The van der Waals surface area contributed by atoms with E-state index in [1.807, 2.05) is 4.68 Å². The quantitative estimate of drug-likeness (QED) is 0.722. The molecular weight excluding hydrogens is 344 g/mol. The Bertz CT molecular complexity index is 925. The molecule has 0 radical (unpaired) electrons. The molecule has 0 amide bonds. The highest BCUT2D eigenvalue weighted by molar-refractivity contribution is 5.95. The number of aryl methyl sites for hydroxylation is 2. The number of nitrogens with one attached hydrogen (secondary N) is 1. The third kappa shape index (κ3) is 3.63. The lowest BCUT2D eigenvalue weighted by Gasteiger charge is -2.23. The van der Waals surface area contributed by atoms with E-state index in [0.717, 1.165) is 22.7 Å². The van der Waals surface area contributed by atoms with E-state index in [-0.39, 0.29) is 6.10 Å². The summed E-state index contributed by atoms with van der Waals surface area (Å²) in [6.07, 6.45) is 0.665. The lowest BCUT2D eigenvalue weighted by Crippen LogP contribution is -2.32. The molecule has 0 aliphatic carbocycles. The highest BCUT2D eigenvalue weighted by Gasteiger charge is 2.21. The van der Waals surface area contributed by atoms with Gasteiger partial charge in [-0.05, 0) is 25.5 Å². The molecule has 4 rings (SSSR count). The molecule has 3 heterocycles. The number of fused-ring (bicyclic) bond motifs is 1. The first-order valence-corrected chi connectivity index (χ1v) is 9.37. The molecule has 7 heteroatoms. The maximum atomic E-state index is 5.83. The zero-order valence-corrected chi connectivity index (χ0v) is 16.1. The molecule has 0 bridgehead atoms. The Morgan fingerprint density at radius 1 is 1.30 bits per heavy atom. The zero-order valence-electron chi connectivity index (χ0n) is 16.1. The maximum Gasteiger partial charge on any atom is 0.160 e. The molecule has 7 nitrogen and oxygen atoms in total. The number of benzene rings is 1. The van der Waals surface area contributed by atoms with Gasteiger partial charge < -0.3 is 19.2 Å².